The fourth-order valence-corrected chi connectivity index (χ4v) is 8.13. The third kappa shape index (κ3) is 4.02. The zero-order chi connectivity index (χ0) is 40.4. The molecule has 9 aromatic carbocycles. The molecule has 0 saturated carbocycles. The molecule has 2 nitrogen and oxygen atoms in total. The Bertz CT molecular complexity index is 3370. The molecule has 1 aromatic heterocycles. The van der Waals surface area contributed by atoms with Crippen molar-refractivity contribution in [2.75, 3.05) is 0 Å². The van der Waals surface area contributed by atoms with Gasteiger partial charge in [0, 0.05) is 11.3 Å². The Kier molecular flexibility index (Phi) is 4.55. The van der Waals surface area contributed by atoms with Crippen LogP contribution in [0.25, 0.3) is 105 Å². The molecule has 0 radical (unpaired) electrons. The average Bonchev–Trinajstić information content (AvgIpc) is 3.83. The summed E-state index contributed by atoms with van der Waals surface area (Å²) in [5.74, 6) is 0.562. The number of hydrogen-bond donors (Lipinski definition) is 0. The van der Waals surface area contributed by atoms with Crippen molar-refractivity contribution in [3.05, 3.63) is 182 Å². The molecule has 0 atom stereocenters. The van der Waals surface area contributed by atoms with E-state index < -0.39 is 24.2 Å². The maximum atomic E-state index is 9.64. The number of benzene rings is 9. The van der Waals surface area contributed by atoms with Gasteiger partial charge < -0.3 is 0 Å². The van der Waals surface area contributed by atoms with E-state index in [-0.39, 0.29) is 51.3 Å². The van der Waals surface area contributed by atoms with Gasteiger partial charge in [-0.15, -0.1) is 0 Å². The van der Waals surface area contributed by atoms with Crippen molar-refractivity contribution in [2.45, 2.75) is 0 Å². The van der Waals surface area contributed by atoms with Crippen LogP contribution in [-0.2, 0) is 0 Å². The van der Waals surface area contributed by atoms with Gasteiger partial charge >= 0.3 is 0 Å². The molecule has 1 heterocycles. The van der Waals surface area contributed by atoms with Gasteiger partial charge in [-0.05, 0) is 101 Å². The van der Waals surface area contributed by atoms with E-state index in [4.69, 9.17) is 10.5 Å². The van der Waals surface area contributed by atoms with E-state index in [2.05, 4.69) is 18.2 Å². The Hall–Kier alpha value is -6.77. The first-order valence-electron chi connectivity index (χ1n) is 20.9. The molecule has 0 fully saturated rings. The number of hydrogen-bond acceptors (Lipinski definition) is 1. The van der Waals surface area contributed by atoms with Gasteiger partial charge in [0.05, 0.1) is 22.0 Å². The topological polar surface area (TPSA) is 17.8 Å². The first kappa shape index (κ1) is 21.3. The zero-order valence-corrected chi connectivity index (χ0v) is 27.1. The first-order valence-corrected chi connectivity index (χ1v) is 16.9. The summed E-state index contributed by atoms with van der Waals surface area (Å²) >= 11 is 0. The van der Waals surface area contributed by atoms with Gasteiger partial charge in [0.25, 0.3) is 0 Å². The van der Waals surface area contributed by atoms with Crippen LogP contribution in [0.4, 0.5) is 0 Å². The smallest absolute Gasteiger partial charge is 0.146 e. The molecule has 11 rings (SSSR count). The van der Waals surface area contributed by atoms with Gasteiger partial charge in [-0.25, -0.2) is 4.98 Å². The summed E-state index contributed by atoms with van der Waals surface area (Å²) in [6.07, 6.45) is 0. The second-order valence-electron chi connectivity index (χ2n) is 12.8. The second kappa shape index (κ2) is 10.9. The number of nitrogens with zero attached hydrogens (tertiary/aromatic N) is 2. The molecule has 0 spiro atoms. The maximum absolute atomic E-state index is 9.64. The Labute approximate surface area is 306 Å². The average molecular weight is 655 g/mol. The van der Waals surface area contributed by atoms with Gasteiger partial charge in [-0.1, -0.05) is 158 Å². The lowest BCUT2D eigenvalue weighted by atomic mass is 9.83. The quantitative estimate of drug-likeness (QED) is 0.173. The number of fused-ring (bicyclic) bond motifs is 6. The summed E-state index contributed by atoms with van der Waals surface area (Å²) < 4.78 is 76.6. The lowest BCUT2D eigenvalue weighted by molar-refractivity contribution is 1.10. The van der Waals surface area contributed by atoms with Crippen molar-refractivity contribution >= 4 is 43.4 Å². The normalized spacial score (nSPS) is 14.1. The minimum absolute atomic E-state index is 0.157. The van der Waals surface area contributed by atoms with E-state index >= 15 is 0 Å². The largest absolute Gasteiger partial charge is 0.292 e. The predicted molar refractivity (Wildman–Crippen MR) is 214 cm³/mol. The zero-order valence-electron chi connectivity index (χ0n) is 35.1. The molecule has 0 aliphatic heterocycles. The molecule has 236 valence electrons. The minimum Gasteiger partial charge on any atom is -0.292 e. The molecule has 0 bridgehead atoms. The lowest BCUT2D eigenvalue weighted by Gasteiger charge is -2.21. The molecule has 1 aliphatic carbocycles. The Morgan fingerprint density at radius 2 is 0.902 bits per heavy atom. The van der Waals surface area contributed by atoms with Gasteiger partial charge in [0.1, 0.15) is 5.82 Å². The summed E-state index contributed by atoms with van der Waals surface area (Å²) in [5, 5.41) is 2.44. The van der Waals surface area contributed by atoms with Crippen molar-refractivity contribution < 1.29 is 11.0 Å². The van der Waals surface area contributed by atoms with Gasteiger partial charge in [-0.2, -0.15) is 0 Å². The van der Waals surface area contributed by atoms with Crippen LogP contribution in [0.1, 0.15) is 11.0 Å². The van der Waals surface area contributed by atoms with Crippen molar-refractivity contribution in [1.29, 1.82) is 0 Å². The Morgan fingerprint density at radius 3 is 1.59 bits per heavy atom. The van der Waals surface area contributed by atoms with E-state index in [9.17, 15) is 5.48 Å². The van der Waals surface area contributed by atoms with Gasteiger partial charge in [0.2, 0.25) is 0 Å². The van der Waals surface area contributed by atoms with Crippen LogP contribution < -0.4 is 0 Å². The van der Waals surface area contributed by atoms with E-state index in [1.165, 1.54) is 0 Å². The third-order valence-corrected chi connectivity index (χ3v) is 10.2. The highest BCUT2D eigenvalue weighted by Gasteiger charge is 2.25. The van der Waals surface area contributed by atoms with Crippen LogP contribution in [0.3, 0.4) is 0 Å². The van der Waals surface area contributed by atoms with Gasteiger partial charge in [0.15, 0.2) is 0 Å². The molecule has 51 heavy (non-hydrogen) atoms. The van der Waals surface area contributed by atoms with E-state index in [1.807, 2.05) is 120 Å². The molecule has 0 unspecified atom stereocenters. The van der Waals surface area contributed by atoms with Crippen molar-refractivity contribution in [3.8, 4) is 61.6 Å². The number of para-hydroxylation sites is 3. The van der Waals surface area contributed by atoms with E-state index in [0.29, 0.717) is 28.1 Å². The minimum atomic E-state index is -0.445. The van der Waals surface area contributed by atoms with Crippen LogP contribution >= 0.6 is 0 Å². The van der Waals surface area contributed by atoms with Crippen molar-refractivity contribution in [1.82, 2.24) is 9.55 Å². The number of rotatable bonds is 4. The molecule has 10 aromatic rings. The highest BCUT2D eigenvalue weighted by molar-refractivity contribution is 6.27. The molecule has 2 heteroatoms. The predicted octanol–water partition coefficient (Wildman–Crippen LogP) is 13.1. The molecule has 0 saturated heterocycles. The van der Waals surface area contributed by atoms with E-state index in [1.54, 1.807) is 0 Å². The van der Waals surface area contributed by atoms with Crippen LogP contribution in [0.2, 0.25) is 0 Å². The monoisotopic (exact) mass is 654 g/mol. The van der Waals surface area contributed by atoms with Crippen LogP contribution in [0, 0.1) is 0 Å². The fraction of sp³-hybridized carbons (Fsp3) is 0. The maximum Gasteiger partial charge on any atom is 0.146 e. The van der Waals surface area contributed by atoms with Gasteiger partial charge in [-0.3, -0.25) is 4.57 Å². The number of aromatic nitrogens is 2. The summed E-state index contributed by atoms with van der Waals surface area (Å²) in [6, 6.07) is 40.2. The Morgan fingerprint density at radius 1 is 0.392 bits per heavy atom. The standard InChI is InChI=1S/C49H30N2/c1-2-15-31(16-3-1)51-45-28-13-12-27-44(45)50-49(51)43-24-11-10-23-40(43)47-35-19-6-8-21-37(35)48(38-22-9-7-20-36(38)47)42-30-29-41-33-18-5-4-17-32(33)34-25-14-26-39(42)46(34)41/h1-30H/i6D,7D,8D,9D,19D,20D,21D,22D. The second-order valence-corrected chi connectivity index (χ2v) is 12.8. The van der Waals surface area contributed by atoms with Crippen molar-refractivity contribution in [3.63, 3.8) is 0 Å². The molecule has 1 aliphatic rings. The summed E-state index contributed by atoms with van der Waals surface area (Å²) in [7, 11) is 0. The van der Waals surface area contributed by atoms with Crippen LogP contribution in [0.5, 0.6) is 0 Å². The summed E-state index contributed by atoms with van der Waals surface area (Å²) in [5.41, 5.74) is 9.00. The number of imidazole rings is 1. The molecule has 0 N–H and O–H groups in total. The summed E-state index contributed by atoms with van der Waals surface area (Å²) in [4.78, 5) is 5.15. The SMILES string of the molecule is [2H]c1c([2H])c([2H])c2c(-c3ccc4c5c(cccc35)-c3ccccc3-4)c3c([2H])c([2H])c([2H])c([2H])c3c(-c3ccccc3-c3nc4ccccc4n3-c3ccccc3)c2c1[2H]. The molecular weight excluding hydrogens is 617 g/mol. The highest BCUT2D eigenvalue weighted by atomic mass is 15.1. The fourth-order valence-electron chi connectivity index (χ4n) is 8.13. The Balaban J connectivity index is 1.36. The highest BCUT2D eigenvalue weighted by Crippen LogP contribution is 2.52. The van der Waals surface area contributed by atoms with Crippen LogP contribution in [-0.4, -0.2) is 9.55 Å². The molecular formula is C49H30N2. The third-order valence-electron chi connectivity index (χ3n) is 10.2. The van der Waals surface area contributed by atoms with Crippen LogP contribution in [0.15, 0.2) is 182 Å². The first-order chi connectivity index (χ1) is 28.7. The summed E-state index contributed by atoms with van der Waals surface area (Å²) in [6.45, 7) is 0. The lowest BCUT2D eigenvalue weighted by Crippen LogP contribution is -1.99. The van der Waals surface area contributed by atoms with Crippen molar-refractivity contribution in [2.24, 2.45) is 0 Å². The van der Waals surface area contributed by atoms with E-state index in [0.717, 1.165) is 49.7 Å². The molecule has 0 amide bonds.